The summed E-state index contributed by atoms with van der Waals surface area (Å²) in [7, 11) is -7.50. The second kappa shape index (κ2) is 12.8. The highest BCUT2D eigenvalue weighted by Gasteiger charge is 2.33. The van der Waals surface area contributed by atoms with Gasteiger partial charge >= 0.3 is 0 Å². The van der Waals surface area contributed by atoms with E-state index in [1.807, 2.05) is 4.90 Å². The van der Waals surface area contributed by atoms with Crippen LogP contribution in [0.1, 0.15) is 31.2 Å². The molecule has 0 aromatic heterocycles. The lowest BCUT2D eigenvalue weighted by molar-refractivity contribution is 0.186. The van der Waals surface area contributed by atoms with E-state index in [0.717, 1.165) is 31.7 Å². The van der Waals surface area contributed by atoms with Crippen molar-refractivity contribution in [2.24, 2.45) is 33.4 Å². The summed E-state index contributed by atoms with van der Waals surface area (Å²) < 4.78 is 53.7. The molecule has 12 N–H and O–H groups in total. The van der Waals surface area contributed by atoms with E-state index in [2.05, 4.69) is 20.8 Å². The first kappa shape index (κ1) is 29.2. The molecule has 0 amide bonds. The van der Waals surface area contributed by atoms with Gasteiger partial charge in [-0.1, -0.05) is 0 Å². The van der Waals surface area contributed by atoms with Crippen LogP contribution >= 0.6 is 0 Å². The molecule has 0 spiro atoms. The summed E-state index contributed by atoms with van der Waals surface area (Å²) in [6, 6.07) is 2.65. The molecule has 200 valence electrons. The predicted octanol–water partition coefficient (Wildman–Crippen LogP) is -2.77. The van der Waals surface area contributed by atoms with E-state index >= 15 is 0 Å². The Morgan fingerprint density at radius 3 is 2.43 bits per heavy atom. The fourth-order valence-corrected chi connectivity index (χ4v) is 6.65. The number of hydrazone groups is 1. The van der Waals surface area contributed by atoms with Crippen LogP contribution in [0, 0.1) is 5.92 Å². The van der Waals surface area contributed by atoms with E-state index in [4.69, 9.17) is 22.3 Å². The molecule has 1 saturated heterocycles. The largest absolute Gasteiger partial charge is 0.390 e. The predicted molar refractivity (Wildman–Crippen MR) is 134 cm³/mol. The lowest BCUT2D eigenvalue weighted by Crippen LogP contribution is -2.39. The van der Waals surface area contributed by atoms with Crippen molar-refractivity contribution in [1.82, 2.24) is 15.7 Å². The number of aliphatic hydroxyl groups is 1. The van der Waals surface area contributed by atoms with Crippen LogP contribution in [0.15, 0.2) is 27.0 Å². The SMILES string of the molecule is CNN/N=C(\N)c1c(N2CCC(CCCN)CC2)ccc(S(=O)(=O)NC[C@H](O)CN)c1S(N)(=O)=O. The van der Waals surface area contributed by atoms with Crippen molar-refractivity contribution in [3.8, 4) is 0 Å². The molecule has 1 aromatic carbocycles. The van der Waals surface area contributed by atoms with Crippen LogP contribution < -0.4 is 42.9 Å². The number of primary sulfonamides is 1. The van der Waals surface area contributed by atoms with E-state index < -0.39 is 42.5 Å². The minimum Gasteiger partial charge on any atom is -0.390 e. The quantitative estimate of drug-likeness (QED) is 0.0729. The van der Waals surface area contributed by atoms with E-state index in [9.17, 15) is 21.9 Å². The molecule has 0 radical (unpaired) electrons. The molecule has 1 aliphatic rings. The number of hydrazine groups is 1. The number of anilines is 1. The van der Waals surface area contributed by atoms with Gasteiger partial charge in [-0.2, -0.15) is 0 Å². The molecule has 14 nitrogen and oxygen atoms in total. The topological polar surface area (TPSA) is 244 Å². The highest BCUT2D eigenvalue weighted by Crippen LogP contribution is 2.35. The van der Waals surface area contributed by atoms with Gasteiger partial charge in [-0.3, -0.25) is 0 Å². The monoisotopic (exact) mass is 535 g/mol. The fraction of sp³-hybridized carbons (Fsp3) is 0.632. The summed E-state index contributed by atoms with van der Waals surface area (Å²) in [6.45, 7) is 1.23. The number of sulfonamides is 2. The summed E-state index contributed by atoms with van der Waals surface area (Å²) in [5.41, 5.74) is 22.3. The van der Waals surface area contributed by atoms with Gasteiger partial charge in [0.25, 0.3) is 0 Å². The number of hydrogen-bond acceptors (Lipinski definition) is 11. The summed E-state index contributed by atoms with van der Waals surface area (Å²) in [6.07, 6.45) is 2.49. The van der Waals surface area contributed by atoms with Crippen LogP contribution in [-0.4, -0.2) is 73.7 Å². The minimum atomic E-state index is -4.60. The number of nitrogens with zero attached hydrogens (tertiary/aromatic N) is 2. The molecule has 0 saturated carbocycles. The standard InChI is InChI=1S/C19H37N9O5S2/c1-24-27-26-19(22)17-15(28-9-6-13(7-10-28)3-2-8-20)4-5-16(18(17)34(23,30)31)35(32,33)25-12-14(29)11-21/h4-5,13-14,24-25,27,29H,2-3,6-12,20-21H2,1H3,(H2,22,26)(H2,23,30,31)/t14-/m1/s1. The summed E-state index contributed by atoms with van der Waals surface area (Å²) >= 11 is 0. The Bertz CT molecular complexity index is 1090. The van der Waals surface area contributed by atoms with Crippen LogP contribution in [-0.2, 0) is 20.0 Å². The number of amidine groups is 1. The van der Waals surface area contributed by atoms with Gasteiger partial charge in [0.1, 0.15) is 9.79 Å². The lowest BCUT2D eigenvalue weighted by atomic mass is 9.91. The van der Waals surface area contributed by atoms with Gasteiger partial charge in [0.05, 0.1) is 11.7 Å². The van der Waals surface area contributed by atoms with E-state index in [1.165, 1.54) is 13.1 Å². The van der Waals surface area contributed by atoms with Gasteiger partial charge in [-0.15, -0.1) is 5.10 Å². The molecule has 1 aliphatic heterocycles. The van der Waals surface area contributed by atoms with Gasteiger partial charge in [-0.05, 0) is 50.3 Å². The van der Waals surface area contributed by atoms with Crippen molar-refractivity contribution in [3.05, 3.63) is 17.7 Å². The van der Waals surface area contributed by atoms with Crippen molar-refractivity contribution in [2.45, 2.75) is 41.6 Å². The van der Waals surface area contributed by atoms with Crippen molar-refractivity contribution in [1.29, 1.82) is 0 Å². The maximum atomic E-state index is 13.0. The first-order valence-electron chi connectivity index (χ1n) is 11.2. The Morgan fingerprint density at radius 1 is 1.23 bits per heavy atom. The normalized spacial score (nSPS) is 16.9. The summed E-state index contributed by atoms with van der Waals surface area (Å²) in [4.78, 5) is 0.643. The molecule has 0 bridgehead atoms. The highest BCUT2D eigenvalue weighted by molar-refractivity contribution is 7.92. The van der Waals surface area contributed by atoms with E-state index in [0.29, 0.717) is 31.2 Å². The number of nitrogens with one attached hydrogen (secondary N) is 3. The third-order valence-electron chi connectivity index (χ3n) is 5.77. The zero-order valence-electron chi connectivity index (χ0n) is 19.8. The van der Waals surface area contributed by atoms with Crippen LogP contribution in [0.5, 0.6) is 0 Å². The van der Waals surface area contributed by atoms with Gasteiger partial charge in [0.15, 0.2) is 5.84 Å². The third-order valence-corrected chi connectivity index (χ3v) is 8.36. The first-order valence-corrected chi connectivity index (χ1v) is 14.3. The number of rotatable bonds is 13. The van der Waals surface area contributed by atoms with Crippen molar-refractivity contribution < 1.29 is 21.9 Å². The molecule has 35 heavy (non-hydrogen) atoms. The van der Waals surface area contributed by atoms with Crippen molar-refractivity contribution in [2.75, 3.05) is 44.7 Å². The maximum Gasteiger partial charge on any atom is 0.242 e. The van der Waals surface area contributed by atoms with Crippen molar-refractivity contribution in [3.63, 3.8) is 0 Å². The zero-order chi connectivity index (χ0) is 26.2. The molecule has 1 heterocycles. The molecule has 1 fully saturated rings. The molecule has 16 heteroatoms. The van der Waals surface area contributed by atoms with Crippen molar-refractivity contribution >= 4 is 31.6 Å². The number of hydrogen-bond donors (Lipinski definition) is 8. The molecule has 2 rings (SSSR count). The average molecular weight is 536 g/mol. The van der Waals surface area contributed by atoms with Gasteiger partial charge in [0.2, 0.25) is 20.0 Å². The Labute approximate surface area is 206 Å². The Balaban J connectivity index is 2.63. The van der Waals surface area contributed by atoms with E-state index in [-0.39, 0.29) is 17.9 Å². The number of piperidine rings is 1. The maximum absolute atomic E-state index is 13.0. The number of nitrogens with two attached hydrogens (primary N) is 4. The van der Waals surface area contributed by atoms with Crippen LogP contribution in [0.4, 0.5) is 5.69 Å². The molecule has 0 unspecified atom stereocenters. The van der Waals surface area contributed by atoms with Crippen LogP contribution in [0.25, 0.3) is 0 Å². The fourth-order valence-electron chi connectivity index (χ4n) is 3.97. The first-order chi connectivity index (χ1) is 16.5. The van der Waals surface area contributed by atoms with Crippen LogP contribution in [0.2, 0.25) is 0 Å². The Morgan fingerprint density at radius 2 is 1.89 bits per heavy atom. The average Bonchev–Trinajstić information content (AvgIpc) is 2.83. The molecular weight excluding hydrogens is 498 g/mol. The van der Waals surface area contributed by atoms with Crippen LogP contribution in [0.3, 0.4) is 0 Å². The molecule has 0 aliphatic carbocycles. The minimum absolute atomic E-state index is 0.127. The van der Waals surface area contributed by atoms with Gasteiger partial charge in [0, 0.05) is 38.9 Å². The lowest BCUT2D eigenvalue weighted by Gasteiger charge is -2.35. The number of aliphatic hydroxyl groups excluding tert-OH is 1. The van der Waals surface area contributed by atoms with Gasteiger partial charge in [-0.25, -0.2) is 37.7 Å². The second-order valence-electron chi connectivity index (χ2n) is 8.29. The summed E-state index contributed by atoms with van der Waals surface area (Å²) in [5.74, 6) is 0.216. The molecule has 1 atom stereocenters. The van der Waals surface area contributed by atoms with E-state index in [1.54, 1.807) is 0 Å². The zero-order valence-corrected chi connectivity index (χ0v) is 21.4. The second-order valence-corrected chi connectivity index (χ2v) is 11.5. The summed E-state index contributed by atoms with van der Waals surface area (Å²) in [5, 5.41) is 19.1. The smallest absolute Gasteiger partial charge is 0.242 e. The molecule has 1 aromatic rings. The number of benzene rings is 1. The Hall–Kier alpha value is -2.05. The highest BCUT2D eigenvalue weighted by atomic mass is 32.2. The molecular formula is C19H37N9O5S2. The Kier molecular flexibility index (Phi) is 10.6. The van der Waals surface area contributed by atoms with Gasteiger partial charge < -0.3 is 27.2 Å². The third kappa shape index (κ3) is 7.71.